The predicted octanol–water partition coefficient (Wildman–Crippen LogP) is 7.06. The van der Waals surface area contributed by atoms with Crippen molar-refractivity contribution in [1.82, 2.24) is 5.01 Å². The van der Waals surface area contributed by atoms with E-state index in [0.29, 0.717) is 0 Å². The number of methoxy groups -OCH3 is 1. The van der Waals surface area contributed by atoms with E-state index in [9.17, 15) is 0 Å². The Kier molecular flexibility index (Phi) is 5.34. The van der Waals surface area contributed by atoms with Gasteiger partial charge in [-0.25, -0.2) is 5.01 Å². The summed E-state index contributed by atoms with van der Waals surface area (Å²) < 4.78 is 14.2. The van der Waals surface area contributed by atoms with Gasteiger partial charge < -0.3 is 9.47 Å². The van der Waals surface area contributed by atoms with Gasteiger partial charge >= 0.3 is 0 Å². The SMILES string of the molecule is CCC1CCC2(CC1)Oc1c(Br)cc(Br)cc1C1CC(c3ccc(OC)cc3)=NN12. The van der Waals surface area contributed by atoms with Gasteiger partial charge in [0.2, 0.25) is 0 Å². The third kappa shape index (κ3) is 3.36. The molecule has 0 radical (unpaired) electrons. The summed E-state index contributed by atoms with van der Waals surface area (Å²) in [5.41, 5.74) is 3.12. The Morgan fingerprint density at radius 3 is 2.57 bits per heavy atom. The number of hydrogen-bond acceptors (Lipinski definition) is 4. The van der Waals surface area contributed by atoms with Crippen LogP contribution < -0.4 is 9.47 Å². The lowest BCUT2D eigenvalue weighted by molar-refractivity contribution is -0.147. The van der Waals surface area contributed by atoms with Crippen LogP contribution in [-0.4, -0.2) is 23.6 Å². The molecule has 2 aromatic carbocycles. The standard InChI is InChI=1S/C24H26Br2N2O2/c1-3-15-8-10-24(11-9-15)28-22(19-12-17(25)13-20(26)23(19)30-24)14-21(27-28)16-4-6-18(29-2)7-5-16/h4-7,12-13,15,22H,3,8-11,14H2,1-2H3. The number of halogens is 2. The average Bonchev–Trinajstić information content (AvgIpc) is 3.22. The first kappa shape index (κ1) is 20.4. The molecule has 2 heterocycles. The summed E-state index contributed by atoms with van der Waals surface area (Å²) in [5, 5.41) is 7.47. The first-order chi connectivity index (χ1) is 14.5. The van der Waals surface area contributed by atoms with Crippen LogP contribution in [-0.2, 0) is 0 Å². The van der Waals surface area contributed by atoms with Crippen LogP contribution in [0.15, 0.2) is 50.4 Å². The Balaban J connectivity index is 1.56. The number of ether oxygens (including phenoxy) is 2. The van der Waals surface area contributed by atoms with Crippen LogP contribution >= 0.6 is 31.9 Å². The second-order valence-electron chi connectivity index (χ2n) is 8.55. The van der Waals surface area contributed by atoms with Gasteiger partial charge in [-0.3, -0.25) is 0 Å². The smallest absolute Gasteiger partial charge is 0.198 e. The van der Waals surface area contributed by atoms with Crippen molar-refractivity contribution >= 4 is 37.6 Å². The first-order valence-corrected chi connectivity index (χ1v) is 12.3. The highest BCUT2D eigenvalue weighted by Gasteiger charge is 2.52. The molecule has 0 saturated heterocycles. The van der Waals surface area contributed by atoms with Gasteiger partial charge in [0.25, 0.3) is 0 Å². The topological polar surface area (TPSA) is 34.1 Å². The van der Waals surface area contributed by atoms with E-state index in [1.165, 1.54) is 24.8 Å². The first-order valence-electron chi connectivity index (χ1n) is 10.7. The van der Waals surface area contributed by atoms with Crippen molar-refractivity contribution < 1.29 is 9.47 Å². The number of hydrogen-bond donors (Lipinski definition) is 0. The average molecular weight is 534 g/mol. The minimum absolute atomic E-state index is 0.192. The van der Waals surface area contributed by atoms with Gasteiger partial charge in [-0.1, -0.05) is 29.3 Å². The molecule has 2 aliphatic heterocycles. The Labute approximate surface area is 194 Å². The summed E-state index contributed by atoms with van der Waals surface area (Å²) in [6, 6.07) is 12.7. The molecule has 4 nitrogen and oxygen atoms in total. The molecule has 1 aliphatic carbocycles. The molecular formula is C24H26Br2N2O2. The van der Waals surface area contributed by atoms with Gasteiger partial charge in [-0.05, 0) is 76.7 Å². The van der Waals surface area contributed by atoms with E-state index in [1.54, 1.807) is 7.11 Å². The number of nitrogens with zero attached hydrogens (tertiary/aromatic N) is 2. The molecular weight excluding hydrogens is 508 g/mol. The molecule has 1 saturated carbocycles. The van der Waals surface area contributed by atoms with Gasteiger partial charge in [0.1, 0.15) is 11.5 Å². The predicted molar refractivity (Wildman–Crippen MR) is 126 cm³/mol. The Morgan fingerprint density at radius 1 is 1.17 bits per heavy atom. The zero-order valence-electron chi connectivity index (χ0n) is 17.3. The normalized spacial score (nSPS) is 27.3. The van der Waals surface area contributed by atoms with Crippen LogP contribution in [0.3, 0.4) is 0 Å². The molecule has 0 bridgehead atoms. The van der Waals surface area contributed by atoms with Crippen molar-refractivity contribution in [1.29, 1.82) is 0 Å². The van der Waals surface area contributed by atoms with Crippen molar-refractivity contribution in [2.24, 2.45) is 11.0 Å². The van der Waals surface area contributed by atoms with Gasteiger partial charge in [-0.2, -0.15) is 5.10 Å². The van der Waals surface area contributed by atoms with Crippen molar-refractivity contribution in [2.75, 3.05) is 7.11 Å². The molecule has 158 valence electrons. The van der Waals surface area contributed by atoms with E-state index in [1.807, 2.05) is 12.1 Å². The van der Waals surface area contributed by atoms with Crippen molar-refractivity contribution in [3.8, 4) is 11.5 Å². The van der Waals surface area contributed by atoms with Gasteiger partial charge in [0.15, 0.2) is 5.72 Å². The number of hydrazone groups is 1. The quantitative estimate of drug-likeness (QED) is 0.423. The highest BCUT2D eigenvalue weighted by Crippen LogP contribution is 2.54. The van der Waals surface area contributed by atoms with Crippen molar-refractivity contribution in [3.63, 3.8) is 0 Å². The third-order valence-electron chi connectivity index (χ3n) is 6.90. The third-order valence-corrected chi connectivity index (χ3v) is 7.95. The zero-order valence-corrected chi connectivity index (χ0v) is 20.5. The molecule has 2 aromatic rings. The summed E-state index contributed by atoms with van der Waals surface area (Å²) in [5.74, 6) is 2.65. The maximum absolute atomic E-state index is 6.80. The van der Waals surface area contributed by atoms with Crippen LogP contribution in [0.25, 0.3) is 0 Å². The van der Waals surface area contributed by atoms with Crippen LogP contribution in [0.4, 0.5) is 0 Å². The molecule has 30 heavy (non-hydrogen) atoms. The number of benzene rings is 2. The monoisotopic (exact) mass is 532 g/mol. The van der Waals surface area contributed by atoms with Gasteiger partial charge in [0, 0.05) is 29.3 Å². The van der Waals surface area contributed by atoms with E-state index in [2.05, 4.69) is 68.1 Å². The maximum Gasteiger partial charge on any atom is 0.198 e. The highest BCUT2D eigenvalue weighted by atomic mass is 79.9. The fourth-order valence-electron chi connectivity index (χ4n) is 5.13. The lowest BCUT2D eigenvalue weighted by atomic mass is 9.80. The van der Waals surface area contributed by atoms with Crippen LogP contribution in [0.1, 0.15) is 62.6 Å². The largest absolute Gasteiger partial charge is 0.497 e. The highest BCUT2D eigenvalue weighted by molar-refractivity contribution is 9.11. The summed E-state index contributed by atoms with van der Waals surface area (Å²) in [6.45, 7) is 2.30. The fraction of sp³-hybridized carbons (Fsp3) is 0.458. The Bertz CT molecular complexity index is 981. The van der Waals surface area contributed by atoms with Crippen LogP contribution in [0, 0.1) is 5.92 Å². The molecule has 5 rings (SSSR count). The van der Waals surface area contributed by atoms with E-state index in [0.717, 1.165) is 56.9 Å². The molecule has 1 atom stereocenters. The lowest BCUT2D eigenvalue weighted by Crippen LogP contribution is -2.55. The Morgan fingerprint density at radius 2 is 1.90 bits per heavy atom. The van der Waals surface area contributed by atoms with Crippen molar-refractivity contribution in [2.45, 2.75) is 57.2 Å². The molecule has 0 amide bonds. The molecule has 1 spiro atoms. The van der Waals surface area contributed by atoms with E-state index < -0.39 is 0 Å². The molecule has 0 N–H and O–H groups in total. The van der Waals surface area contributed by atoms with E-state index >= 15 is 0 Å². The van der Waals surface area contributed by atoms with Crippen LogP contribution in [0.5, 0.6) is 11.5 Å². The lowest BCUT2D eigenvalue weighted by Gasteiger charge is -2.51. The van der Waals surface area contributed by atoms with Gasteiger partial charge in [0.05, 0.1) is 23.3 Å². The summed E-state index contributed by atoms with van der Waals surface area (Å²) in [4.78, 5) is 0. The molecule has 3 aliphatic rings. The maximum atomic E-state index is 6.80. The molecule has 0 aromatic heterocycles. The van der Waals surface area contributed by atoms with Crippen LogP contribution in [0.2, 0.25) is 0 Å². The van der Waals surface area contributed by atoms with E-state index in [4.69, 9.17) is 14.6 Å². The fourth-order valence-corrected chi connectivity index (χ4v) is 6.47. The summed E-state index contributed by atoms with van der Waals surface area (Å²) >= 11 is 7.42. The van der Waals surface area contributed by atoms with E-state index in [-0.39, 0.29) is 11.8 Å². The molecule has 6 heteroatoms. The number of fused-ring (bicyclic) bond motifs is 4. The Hall–Kier alpha value is -1.53. The summed E-state index contributed by atoms with van der Waals surface area (Å²) in [7, 11) is 1.70. The second-order valence-corrected chi connectivity index (χ2v) is 10.3. The molecule has 1 unspecified atom stereocenters. The molecule has 1 fully saturated rings. The second kappa shape index (κ2) is 7.86. The van der Waals surface area contributed by atoms with Crippen molar-refractivity contribution in [3.05, 3.63) is 56.5 Å². The minimum Gasteiger partial charge on any atom is -0.497 e. The zero-order chi connectivity index (χ0) is 20.9. The number of rotatable bonds is 3. The minimum atomic E-state index is -0.353. The summed E-state index contributed by atoms with van der Waals surface area (Å²) in [6.07, 6.45) is 6.54. The van der Waals surface area contributed by atoms with Gasteiger partial charge in [-0.15, -0.1) is 0 Å².